The molecule has 8 heteroatoms. The van der Waals surface area contributed by atoms with E-state index in [-0.39, 0.29) is 30.4 Å². The van der Waals surface area contributed by atoms with Crippen molar-refractivity contribution in [2.75, 3.05) is 42.7 Å². The SMILES string of the molecule is CCOC(=O)C1=NN(c2ccccc2)C(C(=O)N2CCN(c3ccccc3O)CC2)C1. The molecular weight excluding hydrogens is 396 g/mol. The summed E-state index contributed by atoms with van der Waals surface area (Å²) in [6, 6.07) is 16.0. The van der Waals surface area contributed by atoms with Gasteiger partial charge < -0.3 is 19.6 Å². The maximum Gasteiger partial charge on any atom is 0.354 e. The van der Waals surface area contributed by atoms with E-state index >= 15 is 0 Å². The maximum atomic E-state index is 13.4. The Kier molecular flexibility index (Phi) is 6.06. The van der Waals surface area contributed by atoms with Crippen molar-refractivity contribution >= 4 is 29.0 Å². The van der Waals surface area contributed by atoms with Crippen molar-refractivity contribution in [2.24, 2.45) is 5.10 Å². The lowest BCUT2D eigenvalue weighted by molar-refractivity contribution is -0.135. The molecule has 1 fully saturated rings. The van der Waals surface area contributed by atoms with Gasteiger partial charge in [-0.05, 0) is 31.2 Å². The number of benzene rings is 2. The van der Waals surface area contributed by atoms with E-state index in [2.05, 4.69) is 10.0 Å². The first-order valence-corrected chi connectivity index (χ1v) is 10.5. The standard InChI is InChI=1S/C23H26N4O4/c1-2-31-23(30)18-16-20(27(24-18)17-8-4-3-5-9-17)22(29)26-14-12-25(13-15-26)19-10-6-7-11-21(19)28/h3-11,20,28H,2,12-16H2,1H3. The minimum Gasteiger partial charge on any atom is -0.506 e. The second-order valence-corrected chi connectivity index (χ2v) is 7.47. The second kappa shape index (κ2) is 9.07. The molecule has 2 aromatic rings. The second-order valence-electron chi connectivity index (χ2n) is 7.47. The smallest absolute Gasteiger partial charge is 0.354 e. The molecule has 162 valence electrons. The van der Waals surface area contributed by atoms with Crippen molar-refractivity contribution in [1.82, 2.24) is 4.90 Å². The van der Waals surface area contributed by atoms with Crippen LogP contribution in [0.25, 0.3) is 0 Å². The number of para-hydroxylation sites is 3. The molecule has 31 heavy (non-hydrogen) atoms. The molecule has 2 aromatic carbocycles. The number of hydrogen-bond acceptors (Lipinski definition) is 7. The average molecular weight is 422 g/mol. The van der Waals surface area contributed by atoms with Gasteiger partial charge in [-0.1, -0.05) is 30.3 Å². The van der Waals surface area contributed by atoms with Gasteiger partial charge >= 0.3 is 5.97 Å². The Hall–Kier alpha value is -3.55. The lowest BCUT2D eigenvalue weighted by atomic mass is 10.1. The van der Waals surface area contributed by atoms with E-state index < -0.39 is 12.0 Å². The van der Waals surface area contributed by atoms with Gasteiger partial charge in [0.15, 0.2) is 0 Å². The maximum absolute atomic E-state index is 13.4. The number of nitrogens with zero attached hydrogens (tertiary/aromatic N) is 4. The minimum absolute atomic E-state index is 0.0659. The van der Waals surface area contributed by atoms with E-state index in [0.29, 0.717) is 26.2 Å². The van der Waals surface area contributed by atoms with E-state index in [4.69, 9.17) is 4.74 Å². The number of carbonyl (C=O) groups is 2. The molecule has 0 spiro atoms. The van der Waals surface area contributed by atoms with E-state index in [0.717, 1.165) is 11.4 Å². The number of esters is 1. The summed E-state index contributed by atoms with van der Waals surface area (Å²) in [4.78, 5) is 29.6. The Morgan fingerprint density at radius 1 is 1.03 bits per heavy atom. The van der Waals surface area contributed by atoms with Crippen molar-refractivity contribution in [3.63, 3.8) is 0 Å². The van der Waals surface area contributed by atoms with Gasteiger partial charge in [-0.25, -0.2) is 4.79 Å². The topological polar surface area (TPSA) is 85.7 Å². The molecule has 0 bridgehead atoms. The van der Waals surface area contributed by atoms with Crippen LogP contribution in [0.5, 0.6) is 5.75 Å². The highest BCUT2D eigenvalue weighted by Crippen LogP contribution is 2.29. The van der Waals surface area contributed by atoms with E-state index in [9.17, 15) is 14.7 Å². The number of hydrazone groups is 1. The quantitative estimate of drug-likeness (QED) is 0.744. The largest absolute Gasteiger partial charge is 0.506 e. The van der Waals surface area contributed by atoms with Crippen molar-refractivity contribution in [3.05, 3.63) is 54.6 Å². The third-order valence-electron chi connectivity index (χ3n) is 5.54. The zero-order valence-corrected chi connectivity index (χ0v) is 17.5. The van der Waals surface area contributed by atoms with Crippen molar-refractivity contribution in [2.45, 2.75) is 19.4 Å². The van der Waals surface area contributed by atoms with Gasteiger partial charge in [-0.2, -0.15) is 5.10 Å². The molecule has 0 aliphatic carbocycles. The van der Waals surface area contributed by atoms with E-state index in [1.807, 2.05) is 42.5 Å². The summed E-state index contributed by atoms with van der Waals surface area (Å²) in [6.07, 6.45) is 0.215. The fraction of sp³-hybridized carbons (Fsp3) is 0.348. The molecule has 0 aromatic heterocycles. The molecule has 2 heterocycles. The first kappa shape index (κ1) is 20.7. The molecule has 1 N–H and O–H groups in total. The van der Waals surface area contributed by atoms with Crippen LogP contribution in [-0.2, 0) is 14.3 Å². The highest BCUT2D eigenvalue weighted by molar-refractivity contribution is 6.38. The van der Waals surface area contributed by atoms with Gasteiger partial charge in [0, 0.05) is 32.6 Å². The number of aromatic hydroxyl groups is 1. The lowest BCUT2D eigenvalue weighted by Crippen LogP contribution is -2.53. The Labute approximate surface area is 181 Å². The Balaban J connectivity index is 1.48. The number of amides is 1. The Bertz CT molecular complexity index is 971. The highest BCUT2D eigenvalue weighted by Gasteiger charge is 2.39. The molecule has 0 radical (unpaired) electrons. The fourth-order valence-corrected chi connectivity index (χ4v) is 3.97. The summed E-state index contributed by atoms with van der Waals surface area (Å²) in [7, 11) is 0. The summed E-state index contributed by atoms with van der Waals surface area (Å²) in [5.74, 6) is -0.312. The average Bonchev–Trinajstić information content (AvgIpc) is 3.26. The summed E-state index contributed by atoms with van der Waals surface area (Å²) >= 11 is 0. The first-order chi connectivity index (χ1) is 15.1. The molecular formula is C23H26N4O4. The molecule has 0 saturated carbocycles. The highest BCUT2D eigenvalue weighted by atomic mass is 16.5. The van der Waals surface area contributed by atoms with E-state index in [1.165, 1.54) is 0 Å². The van der Waals surface area contributed by atoms with Crippen molar-refractivity contribution < 1.29 is 19.4 Å². The van der Waals surface area contributed by atoms with Crippen LogP contribution < -0.4 is 9.91 Å². The number of phenolic OH excluding ortho intramolecular Hbond substituents is 1. The number of phenols is 1. The summed E-state index contributed by atoms with van der Waals surface area (Å²) < 4.78 is 5.11. The number of anilines is 2. The predicted molar refractivity (Wildman–Crippen MR) is 118 cm³/mol. The molecule has 1 unspecified atom stereocenters. The molecule has 8 nitrogen and oxygen atoms in total. The number of ether oxygens (including phenoxy) is 1. The normalized spacial score (nSPS) is 18.7. The molecule has 1 amide bonds. The van der Waals surface area contributed by atoms with Crippen LogP contribution in [0, 0.1) is 0 Å². The van der Waals surface area contributed by atoms with Crippen LogP contribution in [0.4, 0.5) is 11.4 Å². The molecule has 2 aliphatic rings. The van der Waals surface area contributed by atoms with Gasteiger partial charge in [0.25, 0.3) is 0 Å². The number of piperazine rings is 1. The van der Waals surface area contributed by atoms with Crippen LogP contribution >= 0.6 is 0 Å². The van der Waals surface area contributed by atoms with E-state index in [1.54, 1.807) is 29.0 Å². The van der Waals surface area contributed by atoms with Crippen LogP contribution in [0.1, 0.15) is 13.3 Å². The lowest BCUT2D eigenvalue weighted by Gasteiger charge is -2.38. The van der Waals surface area contributed by atoms with Gasteiger partial charge in [-0.15, -0.1) is 0 Å². The summed E-state index contributed by atoms with van der Waals surface area (Å²) in [6.45, 7) is 4.30. The van der Waals surface area contributed by atoms with Crippen molar-refractivity contribution in [3.8, 4) is 5.75 Å². The molecule has 1 saturated heterocycles. The third kappa shape index (κ3) is 4.33. The molecule has 4 rings (SSSR count). The number of hydrogen-bond donors (Lipinski definition) is 1. The first-order valence-electron chi connectivity index (χ1n) is 10.5. The number of rotatable bonds is 5. The van der Waals surface area contributed by atoms with Crippen LogP contribution in [-0.4, -0.2) is 66.4 Å². The van der Waals surface area contributed by atoms with Crippen LogP contribution in [0.2, 0.25) is 0 Å². The van der Waals surface area contributed by atoms with Gasteiger partial charge in [-0.3, -0.25) is 9.80 Å². The number of carbonyl (C=O) groups excluding carboxylic acids is 2. The monoisotopic (exact) mass is 422 g/mol. The van der Waals surface area contributed by atoms with Crippen molar-refractivity contribution in [1.29, 1.82) is 0 Å². The van der Waals surface area contributed by atoms with Crippen LogP contribution in [0.15, 0.2) is 59.7 Å². The Morgan fingerprint density at radius 2 is 1.71 bits per heavy atom. The zero-order valence-electron chi connectivity index (χ0n) is 17.5. The van der Waals surface area contributed by atoms with Gasteiger partial charge in [0.2, 0.25) is 5.91 Å². The predicted octanol–water partition coefficient (Wildman–Crippen LogP) is 2.24. The van der Waals surface area contributed by atoms with Gasteiger partial charge in [0.05, 0.1) is 18.0 Å². The van der Waals surface area contributed by atoms with Gasteiger partial charge in [0.1, 0.15) is 17.5 Å². The minimum atomic E-state index is -0.585. The summed E-state index contributed by atoms with van der Waals surface area (Å²) in [5, 5.41) is 16.2. The molecule has 1 atom stereocenters. The third-order valence-corrected chi connectivity index (χ3v) is 5.54. The summed E-state index contributed by atoms with van der Waals surface area (Å²) in [5.41, 5.74) is 1.79. The Morgan fingerprint density at radius 3 is 2.39 bits per heavy atom. The molecule has 2 aliphatic heterocycles. The van der Waals surface area contributed by atoms with Crippen LogP contribution in [0.3, 0.4) is 0 Å². The zero-order chi connectivity index (χ0) is 21.8. The fourth-order valence-electron chi connectivity index (χ4n) is 3.97.